The molecule has 0 spiro atoms. The van der Waals surface area contributed by atoms with E-state index in [2.05, 4.69) is 32.5 Å². The molecule has 2 N–H and O–H groups in total. The number of aromatic nitrogens is 1. The van der Waals surface area contributed by atoms with Gasteiger partial charge in [-0.1, -0.05) is 0 Å². The molecule has 0 atom stereocenters. The van der Waals surface area contributed by atoms with Gasteiger partial charge >= 0.3 is 0 Å². The number of rotatable bonds is 7. The first kappa shape index (κ1) is 16.0. The van der Waals surface area contributed by atoms with E-state index in [1.54, 1.807) is 22.7 Å². The van der Waals surface area contributed by atoms with Crippen molar-refractivity contribution in [1.29, 1.82) is 0 Å². The van der Waals surface area contributed by atoms with Crippen molar-refractivity contribution >= 4 is 28.4 Å². The summed E-state index contributed by atoms with van der Waals surface area (Å²) >= 11 is 3.33. The normalized spacial score (nSPS) is 10.7. The average Bonchev–Trinajstić information content (AvgIpc) is 3.25. The summed E-state index contributed by atoms with van der Waals surface area (Å²) in [5.41, 5.74) is 3.92. The van der Waals surface area contributed by atoms with Crippen molar-refractivity contribution in [1.82, 2.24) is 4.98 Å². The lowest BCUT2D eigenvalue weighted by atomic mass is 10.2. The van der Waals surface area contributed by atoms with Gasteiger partial charge in [0.25, 0.3) is 0 Å². The van der Waals surface area contributed by atoms with Crippen molar-refractivity contribution in [2.24, 2.45) is 0 Å². The SMILES string of the molecule is CCOc1ccc(NCc2csc(-c3ccsc3)n2)cc1CO. The van der Waals surface area contributed by atoms with Crippen molar-refractivity contribution in [3.05, 3.63) is 51.7 Å². The van der Waals surface area contributed by atoms with Gasteiger partial charge in [-0.05, 0) is 36.6 Å². The van der Waals surface area contributed by atoms with E-state index in [1.807, 2.05) is 25.1 Å². The van der Waals surface area contributed by atoms with Gasteiger partial charge in [-0.15, -0.1) is 11.3 Å². The van der Waals surface area contributed by atoms with Crippen LogP contribution in [0.15, 0.2) is 40.4 Å². The quantitative estimate of drug-likeness (QED) is 0.667. The molecule has 0 amide bonds. The van der Waals surface area contributed by atoms with Crippen molar-refractivity contribution in [2.45, 2.75) is 20.1 Å². The number of thiazole rings is 1. The first-order valence-electron chi connectivity index (χ1n) is 7.37. The molecule has 23 heavy (non-hydrogen) atoms. The molecular weight excluding hydrogens is 328 g/mol. The topological polar surface area (TPSA) is 54.4 Å². The van der Waals surface area contributed by atoms with Gasteiger partial charge in [0.15, 0.2) is 0 Å². The number of nitrogens with zero attached hydrogens (tertiary/aromatic N) is 1. The van der Waals surface area contributed by atoms with E-state index in [1.165, 1.54) is 5.56 Å². The van der Waals surface area contributed by atoms with Crippen LogP contribution in [0.1, 0.15) is 18.2 Å². The molecule has 0 fully saturated rings. The molecule has 0 saturated heterocycles. The van der Waals surface area contributed by atoms with Gasteiger partial charge in [-0.3, -0.25) is 0 Å². The standard InChI is InChI=1S/C17H18N2O2S2/c1-2-21-16-4-3-14(7-13(16)9-20)18-8-15-11-23-17(19-15)12-5-6-22-10-12/h3-7,10-11,18,20H,2,8-9H2,1H3. The second-order valence-electron chi connectivity index (χ2n) is 4.92. The molecule has 0 radical (unpaired) electrons. The molecule has 6 heteroatoms. The van der Waals surface area contributed by atoms with Crippen LogP contribution < -0.4 is 10.1 Å². The van der Waals surface area contributed by atoms with Crippen LogP contribution in [0.25, 0.3) is 10.6 Å². The molecular formula is C17H18N2O2S2. The number of thiophene rings is 1. The highest BCUT2D eigenvalue weighted by Gasteiger charge is 2.07. The van der Waals surface area contributed by atoms with Crippen LogP contribution >= 0.6 is 22.7 Å². The number of nitrogens with one attached hydrogen (secondary N) is 1. The van der Waals surface area contributed by atoms with Gasteiger partial charge in [0.1, 0.15) is 10.8 Å². The average molecular weight is 346 g/mol. The lowest BCUT2D eigenvalue weighted by Gasteiger charge is -2.11. The largest absolute Gasteiger partial charge is 0.494 e. The van der Waals surface area contributed by atoms with Gasteiger partial charge in [-0.25, -0.2) is 4.98 Å². The van der Waals surface area contributed by atoms with Crippen LogP contribution in [0.4, 0.5) is 5.69 Å². The lowest BCUT2D eigenvalue weighted by Crippen LogP contribution is -2.02. The maximum absolute atomic E-state index is 9.45. The predicted molar refractivity (Wildman–Crippen MR) is 96.3 cm³/mol. The molecule has 2 heterocycles. The van der Waals surface area contributed by atoms with Gasteiger partial charge in [0.05, 0.1) is 25.5 Å². The first-order valence-corrected chi connectivity index (χ1v) is 9.20. The Bertz CT molecular complexity index is 754. The molecule has 2 aromatic heterocycles. The summed E-state index contributed by atoms with van der Waals surface area (Å²) in [5.74, 6) is 0.731. The smallest absolute Gasteiger partial charge is 0.124 e. The Balaban J connectivity index is 1.66. The summed E-state index contributed by atoms with van der Waals surface area (Å²) in [4.78, 5) is 4.65. The van der Waals surface area contributed by atoms with Crippen molar-refractivity contribution in [2.75, 3.05) is 11.9 Å². The van der Waals surface area contributed by atoms with Gasteiger partial charge in [0, 0.05) is 27.6 Å². The highest BCUT2D eigenvalue weighted by Crippen LogP contribution is 2.27. The van der Waals surface area contributed by atoms with Crippen LogP contribution in [0.5, 0.6) is 5.75 Å². The number of hydrogen-bond donors (Lipinski definition) is 2. The number of ether oxygens (including phenoxy) is 1. The Labute approximate surface area is 143 Å². The number of benzene rings is 1. The second-order valence-corrected chi connectivity index (χ2v) is 6.56. The van der Waals surface area contributed by atoms with Gasteiger partial charge in [0.2, 0.25) is 0 Å². The predicted octanol–water partition coefficient (Wildman–Crippen LogP) is 4.37. The molecule has 1 aromatic carbocycles. The monoisotopic (exact) mass is 346 g/mol. The Kier molecular flexibility index (Phi) is 5.27. The van der Waals surface area contributed by atoms with Crippen LogP contribution in [0.3, 0.4) is 0 Å². The Morgan fingerprint density at radius 3 is 2.91 bits per heavy atom. The lowest BCUT2D eigenvalue weighted by molar-refractivity contribution is 0.267. The van der Waals surface area contributed by atoms with Crippen LogP contribution in [0.2, 0.25) is 0 Å². The minimum Gasteiger partial charge on any atom is -0.494 e. The van der Waals surface area contributed by atoms with Crippen LogP contribution in [0, 0.1) is 0 Å². The van der Waals surface area contributed by atoms with Gasteiger partial charge in [-0.2, -0.15) is 11.3 Å². The third-order valence-corrected chi connectivity index (χ3v) is 4.95. The molecule has 3 rings (SSSR count). The number of hydrogen-bond acceptors (Lipinski definition) is 6. The van der Waals surface area contributed by atoms with E-state index in [-0.39, 0.29) is 6.61 Å². The summed E-state index contributed by atoms with van der Waals surface area (Å²) < 4.78 is 5.49. The number of anilines is 1. The molecule has 0 aliphatic heterocycles. The number of aliphatic hydroxyl groups excluding tert-OH is 1. The second kappa shape index (κ2) is 7.59. The highest BCUT2D eigenvalue weighted by molar-refractivity contribution is 7.14. The van der Waals surface area contributed by atoms with Crippen LogP contribution in [-0.2, 0) is 13.2 Å². The number of aliphatic hydroxyl groups is 1. The zero-order valence-corrected chi connectivity index (χ0v) is 14.4. The molecule has 0 bridgehead atoms. The Hall–Kier alpha value is -1.89. The van der Waals surface area contributed by atoms with Crippen LogP contribution in [-0.4, -0.2) is 16.7 Å². The van der Waals surface area contributed by atoms with E-state index in [9.17, 15) is 5.11 Å². The van der Waals surface area contributed by atoms with E-state index in [0.29, 0.717) is 13.2 Å². The summed E-state index contributed by atoms with van der Waals surface area (Å²) in [5, 5.41) is 20.1. The van der Waals surface area contributed by atoms with E-state index >= 15 is 0 Å². The molecule has 0 saturated carbocycles. The molecule has 120 valence electrons. The van der Waals surface area contributed by atoms with E-state index in [0.717, 1.165) is 27.7 Å². The fourth-order valence-corrected chi connectivity index (χ4v) is 3.74. The summed E-state index contributed by atoms with van der Waals surface area (Å²) in [6.45, 7) is 3.13. The van der Waals surface area contributed by atoms with E-state index < -0.39 is 0 Å². The van der Waals surface area contributed by atoms with E-state index in [4.69, 9.17) is 4.74 Å². The zero-order chi connectivity index (χ0) is 16.1. The molecule has 0 unspecified atom stereocenters. The fraction of sp³-hybridized carbons (Fsp3) is 0.235. The minimum absolute atomic E-state index is 0.0378. The summed E-state index contributed by atoms with van der Waals surface area (Å²) in [6, 6.07) is 7.84. The molecule has 3 aromatic rings. The Morgan fingerprint density at radius 2 is 2.17 bits per heavy atom. The summed E-state index contributed by atoms with van der Waals surface area (Å²) in [7, 11) is 0. The minimum atomic E-state index is -0.0378. The maximum Gasteiger partial charge on any atom is 0.124 e. The maximum atomic E-state index is 9.45. The van der Waals surface area contributed by atoms with Crippen molar-refractivity contribution in [3.8, 4) is 16.3 Å². The molecule has 0 aliphatic rings. The first-order chi connectivity index (χ1) is 11.3. The summed E-state index contributed by atoms with van der Waals surface area (Å²) in [6.07, 6.45) is 0. The third kappa shape index (κ3) is 3.90. The highest BCUT2D eigenvalue weighted by atomic mass is 32.1. The van der Waals surface area contributed by atoms with Crippen molar-refractivity contribution in [3.63, 3.8) is 0 Å². The third-order valence-electron chi connectivity index (χ3n) is 3.32. The molecule has 4 nitrogen and oxygen atoms in total. The zero-order valence-electron chi connectivity index (χ0n) is 12.8. The van der Waals surface area contributed by atoms with Gasteiger partial charge < -0.3 is 15.2 Å². The molecule has 0 aliphatic carbocycles. The van der Waals surface area contributed by atoms with Crippen molar-refractivity contribution < 1.29 is 9.84 Å². The Morgan fingerprint density at radius 1 is 1.26 bits per heavy atom. The fourth-order valence-electron chi connectivity index (χ4n) is 2.21.